The number of nitro groups is 1. The van der Waals surface area contributed by atoms with Crippen molar-refractivity contribution in [3.05, 3.63) is 63.7 Å². The molecule has 0 aromatic heterocycles. The molecule has 2 aromatic rings. The van der Waals surface area contributed by atoms with E-state index in [9.17, 15) is 24.8 Å². The van der Waals surface area contributed by atoms with Crippen molar-refractivity contribution < 1.29 is 19.6 Å². The summed E-state index contributed by atoms with van der Waals surface area (Å²) in [5.41, 5.74) is 3.48. The number of benzene rings is 2. The Morgan fingerprint density at radius 3 is 2.56 bits per heavy atom. The summed E-state index contributed by atoms with van der Waals surface area (Å²) < 4.78 is 0. The van der Waals surface area contributed by atoms with Crippen LogP contribution < -0.4 is 15.8 Å². The molecule has 9 heteroatoms. The Labute approximate surface area is 154 Å². The zero-order valence-electron chi connectivity index (χ0n) is 14.5. The summed E-state index contributed by atoms with van der Waals surface area (Å²) in [6.45, 7) is 1.86. The van der Waals surface area contributed by atoms with Crippen LogP contribution in [0.2, 0.25) is 0 Å². The zero-order valence-corrected chi connectivity index (χ0v) is 14.5. The van der Waals surface area contributed by atoms with E-state index in [0.717, 1.165) is 30.0 Å². The molecule has 27 heavy (non-hydrogen) atoms. The van der Waals surface area contributed by atoms with Crippen molar-refractivity contribution in [1.29, 1.82) is 0 Å². The van der Waals surface area contributed by atoms with Gasteiger partial charge in [0.25, 0.3) is 5.69 Å². The number of non-ortho nitro benzene ring substituents is 1. The number of hydrogen-bond donors (Lipinski definition) is 2. The van der Waals surface area contributed by atoms with Crippen molar-refractivity contribution in [3.63, 3.8) is 0 Å². The molecule has 0 radical (unpaired) electrons. The molecule has 0 aliphatic heterocycles. The van der Waals surface area contributed by atoms with E-state index in [0.29, 0.717) is 5.69 Å². The van der Waals surface area contributed by atoms with Crippen LogP contribution in [-0.2, 0) is 9.59 Å². The summed E-state index contributed by atoms with van der Waals surface area (Å²) in [5, 5.41) is 28.6. The minimum Gasteiger partial charge on any atom is -0.872 e. The minimum atomic E-state index is -0.636. The summed E-state index contributed by atoms with van der Waals surface area (Å²) in [7, 11) is 0. The number of nitrogens with zero attached hydrogens (tertiary/aromatic N) is 2. The third-order valence-corrected chi connectivity index (χ3v) is 3.60. The molecular weight excluding hydrogens is 352 g/mol. The molecule has 0 heterocycles. The van der Waals surface area contributed by atoms with E-state index in [1.54, 1.807) is 12.1 Å². The fourth-order valence-corrected chi connectivity index (χ4v) is 2.13. The Balaban J connectivity index is 1.83. The lowest BCUT2D eigenvalue weighted by molar-refractivity contribution is -0.385. The van der Waals surface area contributed by atoms with Crippen LogP contribution in [0.1, 0.15) is 24.0 Å². The lowest BCUT2D eigenvalue weighted by atomic mass is 10.2. The second-order valence-electron chi connectivity index (χ2n) is 5.64. The molecule has 0 bridgehead atoms. The lowest BCUT2D eigenvalue weighted by Crippen LogP contribution is -2.21. The highest BCUT2D eigenvalue weighted by molar-refractivity contribution is 5.94. The number of nitro benzene ring substituents is 1. The van der Waals surface area contributed by atoms with Gasteiger partial charge in [0.05, 0.1) is 11.1 Å². The van der Waals surface area contributed by atoms with Crippen LogP contribution in [0, 0.1) is 17.0 Å². The maximum atomic E-state index is 11.9. The molecular formula is C18H17N4O5-. The number of aryl methyl sites for hydroxylation is 1. The van der Waals surface area contributed by atoms with Crippen LogP contribution >= 0.6 is 0 Å². The van der Waals surface area contributed by atoms with E-state index in [-0.39, 0.29) is 30.0 Å². The van der Waals surface area contributed by atoms with Gasteiger partial charge in [0.2, 0.25) is 11.8 Å². The Hall–Kier alpha value is -3.75. The smallest absolute Gasteiger partial charge is 0.270 e. The van der Waals surface area contributed by atoms with Crippen molar-refractivity contribution in [2.24, 2.45) is 5.10 Å². The molecule has 2 amide bonds. The van der Waals surface area contributed by atoms with E-state index in [1.807, 2.05) is 19.1 Å². The molecule has 0 aliphatic carbocycles. The molecule has 0 saturated carbocycles. The summed E-state index contributed by atoms with van der Waals surface area (Å²) in [4.78, 5) is 33.7. The van der Waals surface area contributed by atoms with Crippen LogP contribution in [0.15, 0.2) is 47.6 Å². The summed E-state index contributed by atoms with van der Waals surface area (Å²) in [6.07, 6.45) is 0.883. The predicted octanol–water partition coefficient (Wildman–Crippen LogP) is 1.85. The summed E-state index contributed by atoms with van der Waals surface area (Å²) in [5.74, 6) is -1.30. The van der Waals surface area contributed by atoms with Crippen molar-refractivity contribution >= 4 is 29.4 Å². The number of rotatable bonds is 7. The van der Waals surface area contributed by atoms with Crippen LogP contribution in [0.5, 0.6) is 5.75 Å². The Morgan fingerprint density at radius 1 is 1.15 bits per heavy atom. The number of carbonyl (C=O) groups is 2. The van der Waals surface area contributed by atoms with Gasteiger partial charge in [-0.3, -0.25) is 19.7 Å². The van der Waals surface area contributed by atoms with Crippen LogP contribution in [-0.4, -0.2) is 23.0 Å². The topological polar surface area (TPSA) is 137 Å². The second-order valence-corrected chi connectivity index (χ2v) is 5.64. The largest absolute Gasteiger partial charge is 0.872 e. The van der Waals surface area contributed by atoms with Crippen LogP contribution in [0.25, 0.3) is 0 Å². The SMILES string of the molecule is Cc1ccccc1NC(=O)CCC(=O)NN=Cc1cc([N+](=O)[O-])ccc1[O-]. The number of carbonyl (C=O) groups excluding carboxylic acids is 2. The number of hydrazone groups is 1. The highest BCUT2D eigenvalue weighted by atomic mass is 16.6. The van der Waals surface area contributed by atoms with Crippen LogP contribution in [0.4, 0.5) is 11.4 Å². The quantitative estimate of drug-likeness (QED) is 0.436. The molecule has 2 N–H and O–H groups in total. The molecule has 0 unspecified atom stereocenters. The van der Waals surface area contributed by atoms with Crippen molar-refractivity contribution in [1.82, 2.24) is 5.43 Å². The van der Waals surface area contributed by atoms with E-state index in [2.05, 4.69) is 15.8 Å². The first kappa shape index (κ1) is 19.6. The van der Waals surface area contributed by atoms with E-state index >= 15 is 0 Å². The van der Waals surface area contributed by atoms with Gasteiger partial charge < -0.3 is 10.4 Å². The summed E-state index contributed by atoms with van der Waals surface area (Å²) in [6, 6.07) is 10.5. The highest BCUT2D eigenvalue weighted by Crippen LogP contribution is 2.19. The van der Waals surface area contributed by atoms with Gasteiger partial charge in [0, 0.05) is 30.7 Å². The fraction of sp³-hybridized carbons (Fsp3) is 0.167. The Bertz CT molecular complexity index is 895. The molecule has 0 spiro atoms. The fourth-order valence-electron chi connectivity index (χ4n) is 2.13. The lowest BCUT2D eigenvalue weighted by Gasteiger charge is -2.09. The number of anilines is 1. The van der Waals surface area contributed by atoms with E-state index < -0.39 is 16.6 Å². The highest BCUT2D eigenvalue weighted by Gasteiger charge is 2.08. The van der Waals surface area contributed by atoms with Crippen molar-refractivity contribution in [2.75, 3.05) is 5.32 Å². The molecule has 2 aromatic carbocycles. The molecule has 0 saturated heterocycles. The standard InChI is InChI=1S/C18H18N4O5/c1-12-4-2-3-5-15(12)20-17(24)8-9-18(25)21-19-11-13-10-14(22(26)27)6-7-16(13)23/h2-7,10-11,23H,8-9H2,1H3,(H,20,24)(H,21,25)/p-1. The third kappa shape index (κ3) is 5.92. The average molecular weight is 369 g/mol. The van der Waals surface area contributed by atoms with Gasteiger partial charge in [-0.05, 0) is 24.1 Å². The molecule has 140 valence electrons. The predicted molar refractivity (Wildman–Crippen MR) is 97.3 cm³/mol. The maximum absolute atomic E-state index is 11.9. The van der Waals surface area contributed by atoms with E-state index in [1.165, 1.54) is 0 Å². The first-order chi connectivity index (χ1) is 12.9. The molecule has 0 fully saturated rings. The number of hydrogen-bond acceptors (Lipinski definition) is 6. The van der Waals surface area contributed by atoms with Gasteiger partial charge in [-0.2, -0.15) is 5.10 Å². The van der Waals surface area contributed by atoms with Gasteiger partial charge in [-0.15, -0.1) is 0 Å². The molecule has 0 atom stereocenters. The monoisotopic (exact) mass is 369 g/mol. The van der Waals surface area contributed by atoms with Crippen molar-refractivity contribution in [3.8, 4) is 5.75 Å². The molecule has 2 rings (SSSR count). The average Bonchev–Trinajstić information content (AvgIpc) is 2.63. The zero-order chi connectivity index (χ0) is 19.8. The minimum absolute atomic E-state index is 0.0261. The Morgan fingerprint density at radius 2 is 1.85 bits per heavy atom. The van der Waals surface area contributed by atoms with E-state index in [4.69, 9.17) is 0 Å². The van der Waals surface area contributed by atoms with Gasteiger partial charge in [0.1, 0.15) is 0 Å². The Kier molecular flexibility index (Phi) is 6.59. The number of para-hydroxylation sites is 1. The third-order valence-electron chi connectivity index (χ3n) is 3.60. The maximum Gasteiger partial charge on any atom is 0.270 e. The van der Waals surface area contributed by atoms with Gasteiger partial charge in [0.15, 0.2) is 0 Å². The summed E-state index contributed by atoms with van der Waals surface area (Å²) >= 11 is 0. The number of nitrogens with one attached hydrogen (secondary N) is 2. The van der Waals surface area contributed by atoms with Gasteiger partial charge in [-0.1, -0.05) is 30.0 Å². The molecule has 9 nitrogen and oxygen atoms in total. The van der Waals surface area contributed by atoms with Gasteiger partial charge >= 0.3 is 0 Å². The normalized spacial score (nSPS) is 10.6. The molecule has 0 aliphatic rings. The van der Waals surface area contributed by atoms with Crippen LogP contribution in [0.3, 0.4) is 0 Å². The van der Waals surface area contributed by atoms with Gasteiger partial charge in [-0.25, -0.2) is 5.43 Å². The second kappa shape index (κ2) is 9.09. The first-order valence-electron chi connectivity index (χ1n) is 7.99. The van der Waals surface area contributed by atoms with Crippen molar-refractivity contribution in [2.45, 2.75) is 19.8 Å². The first-order valence-corrected chi connectivity index (χ1v) is 7.99. The number of amides is 2.